The van der Waals surface area contributed by atoms with Gasteiger partial charge in [-0.2, -0.15) is 0 Å². The summed E-state index contributed by atoms with van der Waals surface area (Å²) in [5, 5.41) is 12.3. The molecule has 0 bridgehead atoms. The molecule has 2 aromatic rings. The third-order valence-electron chi connectivity index (χ3n) is 3.19. The molecule has 6 heteroatoms. The molecular formula is C17H24N4OS. The molecule has 0 fully saturated rings. The molecule has 1 N–H and O–H groups in total. The van der Waals surface area contributed by atoms with Crippen LogP contribution in [0.4, 0.5) is 0 Å². The molecule has 1 aromatic carbocycles. The van der Waals surface area contributed by atoms with Crippen LogP contribution in [0.5, 0.6) is 0 Å². The maximum Gasteiger partial charge on any atom is 0.230 e. The highest BCUT2D eigenvalue weighted by molar-refractivity contribution is 7.99. The van der Waals surface area contributed by atoms with Crippen LogP contribution in [0, 0.1) is 6.92 Å². The van der Waals surface area contributed by atoms with Gasteiger partial charge in [0.05, 0.1) is 5.75 Å². The molecule has 0 atom stereocenters. The highest BCUT2D eigenvalue weighted by atomic mass is 32.2. The number of carbonyl (C=O) groups excluding carboxylic acids is 1. The highest BCUT2D eigenvalue weighted by Gasteiger charge is 2.17. The molecule has 0 saturated heterocycles. The zero-order chi connectivity index (χ0) is 17.0. The molecule has 0 aliphatic heterocycles. The third kappa shape index (κ3) is 4.82. The van der Waals surface area contributed by atoms with Crippen LogP contribution >= 0.6 is 11.8 Å². The number of aryl methyl sites for hydroxylation is 1. The Hall–Kier alpha value is -1.82. The summed E-state index contributed by atoms with van der Waals surface area (Å²) in [6, 6.07) is 8.22. The van der Waals surface area contributed by atoms with Crippen LogP contribution in [0.2, 0.25) is 0 Å². The summed E-state index contributed by atoms with van der Waals surface area (Å²) in [4.78, 5) is 12.0. The van der Waals surface area contributed by atoms with Gasteiger partial charge in [0, 0.05) is 17.6 Å². The molecule has 0 saturated carbocycles. The Morgan fingerprint density at radius 3 is 2.43 bits per heavy atom. The van der Waals surface area contributed by atoms with E-state index < -0.39 is 0 Å². The van der Waals surface area contributed by atoms with Crippen LogP contribution in [0.1, 0.15) is 33.3 Å². The molecule has 0 aliphatic rings. The van der Waals surface area contributed by atoms with Crippen LogP contribution in [0.25, 0.3) is 11.4 Å². The van der Waals surface area contributed by atoms with Crippen LogP contribution < -0.4 is 5.32 Å². The van der Waals surface area contributed by atoms with Crippen molar-refractivity contribution in [2.24, 2.45) is 0 Å². The fourth-order valence-corrected chi connectivity index (χ4v) is 2.98. The van der Waals surface area contributed by atoms with E-state index in [1.807, 2.05) is 37.5 Å². The first kappa shape index (κ1) is 17.5. The van der Waals surface area contributed by atoms with Crippen molar-refractivity contribution < 1.29 is 4.79 Å². The predicted octanol–water partition coefficient (Wildman–Crippen LogP) is 3.28. The van der Waals surface area contributed by atoms with Gasteiger partial charge in [-0.3, -0.25) is 4.79 Å². The van der Waals surface area contributed by atoms with E-state index >= 15 is 0 Å². The number of nitrogens with one attached hydrogen (secondary N) is 1. The van der Waals surface area contributed by atoms with Crippen molar-refractivity contribution in [1.82, 2.24) is 20.1 Å². The molecule has 5 nitrogen and oxygen atoms in total. The second kappa shape index (κ2) is 7.17. The molecular weight excluding hydrogens is 308 g/mol. The average Bonchev–Trinajstić information content (AvgIpc) is 2.87. The van der Waals surface area contributed by atoms with Crippen molar-refractivity contribution in [2.75, 3.05) is 5.75 Å². The Kier molecular flexibility index (Phi) is 5.46. The minimum absolute atomic E-state index is 0.00467. The lowest BCUT2D eigenvalue weighted by Crippen LogP contribution is -2.41. The maximum atomic E-state index is 12.0. The quantitative estimate of drug-likeness (QED) is 0.854. The highest BCUT2D eigenvalue weighted by Crippen LogP contribution is 2.24. The number of hydrogen-bond acceptors (Lipinski definition) is 4. The number of nitrogens with zero attached hydrogens (tertiary/aromatic N) is 3. The smallest absolute Gasteiger partial charge is 0.230 e. The number of rotatable bonds is 5. The van der Waals surface area contributed by atoms with Gasteiger partial charge in [-0.15, -0.1) is 10.2 Å². The number of thioether (sulfide) groups is 1. The van der Waals surface area contributed by atoms with E-state index in [0.717, 1.165) is 23.1 Å². The van der Waals surface area contributed by atoms with Gasteiger partial charge >= 0.3 is 0 Å². The fourth-order valence-electron chi connectivity index (χ4n) is 2.18. The number of benzene rings is 1. The van der Waals surface area contributed by atoms with Crippen LogP contribution in [-0.4, -0.2) is 32.0 Å². The zero-order valence-corrected chi connectivity index (χ0v) is 15.2. The second-order valence-electron chi connectivity index (χ2n) is 6.50. The van der Waals surface area contributed by atoms with Gasteiger partial charge in [0.1, 0.15) is 0 Å². The first-order chi connectivity index (χ1) is 10.8. The van der Waals surface area contributed by atoms with Crippen LogP contribution in [0.15, 0.2) is 29.4 Å². The summed E-state index contributed by atoms with van der Waals surface area (Å²) in [7, 11) is 0. The minimum Gasteiger partial charge on any atom is -0.351 e. The average molecular weight is 332 g/mol. The monoisotopic (exact) mass is 332 g/mol. The van der Waals surface area contributed by atoms with Crippen molar-refractivity contribution in [3.8, 4) is 11.4 Å². The Morgan fingerprint density at radius 2 is 1.87 bits per heavy atom. The first-order valence-electron chi connectivity index (χ1n) is 7.74. The van der Waals surface area contributed by atoms with E-state index in [-0.39, 0.29) is 11.4 Å². The van der Waals surface area contributed by atoms with Crippen LogP contribution in [-0.2, 0) is 11.3 Å². The lowest BCUT2D eigenvalue weighted by molar-refractivity contribution is -0.119. The lowest BCUT2D eigenvalue weighted by Gasteiger charge is -2.20. The van der Waals surface area contributed by atoms with Gasteiger partial charge < -0.3 is 9.88 Å². The summed E-state index contributed by atoms with van der Waals surface area (Å²) in [5.74, 6) is 1.18. The Bertz CT molecular complexity index is 671. The van der Waals surface area contributed by atoms with E-state index in [1.165, 1.54) is 17.3 Å². The third-order valence-corrected chi connectivity index (χ3v) is 4.16. The standard InChI is InChI=1S/C17H24N4OS/c1-6-21-15(13-9-7-12(2)8-10-13)19-20-16(21)23-11-14(22)18-17(3,4)5/h7-10H,6,11H2,1-5H3,(H,18,22). The summed E-state index contributed by atoms with van der Waals surface area (Å²) in [6.07, 6.45) is 0. The van der Waals surface area contributed by atoms with E-state index in [2.05, 4.69) is 41.5 Å². The topological polar surface area (TPSA) is 59.8 Å². The summed E-state index contributed by atoms with van der Waals surface area (Å²) in [5.41, 5.74) is 2.03. The molecule has 0 spiro atoms. The summed E-state index contributed by atoms with van der Waals surface area (Å²) >= 11 is 1.42. The number of amides is 1. The second-order valence-corrected chi connectivity index (χ2v) is 7.45. The van der Waals surface area contributed by atoms with E-state index in [1.54, 1.807) is 0 Å². The number of hydrogen-bond donors (Lipinski definition) is 1. The zero-order valence-electron chi connectivity index (χ0n) is 14.4. The molecule has 0 radical (unpaired) electrons. The molecule has 1 amide bonds. The van der Waals surface area contributed by atoms with Gasteiger partial charge in [-0.25, -0.2) is 0 Å². The first-order valence-corrected chi connectivity index (χ1v) is 8.73. The Morgan fingerprint density at radius 1 is 1.22 bits per heavy atom. The Balaban J connectivity index is 2.12. The van der Waals surface area contributed by atoms with Crippen LogP contribution in [0.3, 0.4) is 0 Å². The molecule has 1 aromatic heterocycles. The van der Waals surface area contributed by atoms with E-state index in [0.29, 0.717) is 5.75 Å². The normalized spacial score (nSPS) is 11.5. The van der Waals surface area contributed by atoms with Gasteiger partial charge in [-0.05, 0) is 34.6 Å². The van der Waals surface area contributed by atoms with Crippen molar-refractivity contribution in [1.29, 1.82) is 0 Å². The van der Waals surface area contributed by atoms with Gasteiger partial charge in [0.25, 0.3) is 0 Å². The SMILES string of the molecule is CCn1c(SCC(=O)NC(C)(C)C)nnc1-c1ccc(C)cc1. The molecule has 0 aliphatic carbocycles. The van der Waals surface area contributed by atoms with Crippen molar-refractivity contribution in [3.05, 3.63) is 29.8 Å². The molecule has 0 unspecified atom stereocenters. The predicted molar refractivity (Wildman–Crippen MR) is 94.5 cm³/mol. The number of aromatic nitrogens is 3. The van der Waals surface area contributed by atoms with Gasteiger partial charge in [0.15, 0.2) is 11.0 Å². The van der Waals surface area contributed by atoms with Crippen molar-refractivity contribution >= 4 is 17.7 Å². The van der Waals surface area contributed by atoms with E-state index in [9.17, 15) is 4.79 Å². The molecule has 2 rings (SSSR count). The molecule has 124 valence electrons. The van der Waals surface area contributed by atoms with Crippen molar-refractivity contribution in [3.63, 3.8) is 0 Å². The van der Waals surface area contributed by atoms with Gasteiger partial charge in [-0.1, -0.05) is 41.6 Å². The molecule has 23 heavy (non-hydrogen) atoms. The Labute approximate surface area is 141 Å². The minimum atomic E-state index is -0.219. The van der Waals surface area contributed by atoms with Gasteiger partial charge in [0.2, 0.25) is 5.91 Å². The number of carbonyl (C=O) groups is 1. The molecule has 1 heterocycles. The summed E-state index contributed by atoms with van der Waals surface area (Å²) in [6.45, 7) is 10.8. The fraction of sp³-hybridized carbons (Fsp3) is 0.471. The summed E-state index contributed by atoms with van der Waals surface area (Å²) < 4.78 is 2.04. The van der Waals surface area contributed by atoms with Crippen molar-refractivity contribution in [2.45, 2.75) is 51.9 Å². The maximum absolute atomic E-state index is 12.0. The largest absolute Gasteiger partial charge is 0.351 e. The lowest BCUT2D eigenvalue weighted by atomic mass is 10.1. The van der Waals surface area contributed by atoms with E-state index in [4.69, 9.17) is 0 Å².